The summed E-state index contributed by atoms with van der Waals surface area (Å²) in [6.07, 6.45) is 6.93. The quantitative estimate of drug-likeness (QED) is 0.228. The van der Waals surface area contributed by atoms with Gasteiger partial charge in [-0.2, -0.15) is 0 Å². The molecule has 0 heterocycles. The maximum atomic E-state index is 12.1. The van der Waals surface area contributed by atoms with E-state index < -0.39 is 24.0 Å². The molecular formula is C20H36O6. The minimum absolute atomic E-state index is 0.235. The Bertz CT molecular complexity index is 394. The Kier molecular flexibility index (Phi) is 15.8. The van der Waals surface area contributed by atoms with Crippen molar-refractivity contribution in [2.24, 2.45) is 0 Å². The number of ether oxygens (including phenoxy) is 3. The van der Waals surface area contributed by atoms with Gasteiger partial charge in [0.05, 0.1) is 19.6 Å². The van der Waals surface area contributed by atoms with E-state index in [0.29, 0.717) is 13.0 Å². The molecule has 1 unspecified atom stereocenters. The third kappa shape index (κ3) is 13.7. The number of rotatable bonds is 16. The number of hydrogen-bond donors (Lipinski definition) is 0. The van der Waals surface area contributed by atoms with Crippen LogP contribution in [-0.4, -0.2) is 37.2 Å². The summed E-state index contributed by atoms with van der Waals surface area (Å²) in [5.41, 5.74) is 0. The Labute approximate surface area is 157 Å². The van der Waals surface area contributed by atoms with Crippen LogP contribution in [0.2, 0.25) is 0 Å². The van der Waals surface area contributed by atoms with Crippen molar-refractivity contribution in [2.75, 3.05) is 13.2 Å². The van der Waals surface area contributed by atoms with Crippen LogP contribution in [0.25, 0.3) is 0 Å². The zero-order valence-electron chi connectivity index (χ0n) is 16.7. The second-order valence-corrected chi connectivity index (χ2v) is 6.44. The van der Waals surface area contributed by atoms with E-state index >= 15 is 0 Å². The van der Waals surface area contributed by atoms with Gasteiger partial charge in [-0.15, -0.1) is 0 Å². The lowest BCUT2D eigenvalue weighted by Gasteiger charge is -2.16. The summed E-state index contributed by atoms with van der Waals surface area (Å²) < 4.78 is 15.4. The molecule has 0 aliphatic carbocycles. The smallest absolute Gasteiger partial charge is 0.348 e. The van der Waals surface area contributed by atoms with Crippen molar-refractivity contribution >= 4 is 17.9 Å². The fourth-order valence-electron chi connectivity index (χ4n) is 2.25. The van der Waals surface area contributed by atoms with Crippen LogP contribution in [0, 0.1) is 0 Å². The number of carbonyl (C=O) groups is 3. The van der Waals surface area contributed by atoms with Gasteiger partial charge in [0.25, 0.3) is 0 Å². The van der Waals surface area contributed by atoms with Gasteiger partial charge in [0.2, 0.25) is 6.10 Å². The Morgan fingerprint density at radius 2 is 1.31 bits per heavy atom. The van der Waals surface area contributed by atoms with E-state index in [0.717, 1.165) is 51.4 Å². The molecule has 0 saturated carbocycles. The van der Waals surface area contributed by atoms with Gasteiger partial charge in [-0.05, 0) is 19.3 Å². The van der Waals surface area contributed by atoms with Gasteiger partial charge in [-0.1, -0.05) is 59.3 Å². The van der Waals surface area contributed by atoms with Crippen LogP contribution in [0.4, 0.5) is 0 Å². The summed E-state index contributed by atoms with van der Waals surface area (Å²) in [7, 11) is 0. The van der Waals surface area contributed by atoms with Crippen molar-refractivity contribution in [3.05, 3.63) is 0 Å². The molecule has 0 bridgehead atoms. The molecular weight excluding hydrogens is 336 g/mol. The number of esters is 3. The monoisotopic (exact) mass is 372 g/mol. The van der Waals surface area contributed by atoms with Crippen molar-refractivity contribution in [3.8, 4) is 0 Å². The molecule has 0 N–H and O–H groups in total. The first-order valence-electron chi connectivity index (χ1n) is 10.1. The Morgan fingerprint density at radius 1 is 0.692 bits per heavy atom. The van der Waals surface area contributed by atoms with E-state index in [1.54, 1.807) is 0 Å². The molecule has 0 radical (unpaired) electrons. The van der Waals surface area contributed by atoms with Crippen molar-refractivity contribution in [1.82, 2.24) is 0 Å². The molecule has 6 nitrogen and oxygen atoms in total. The standard InChI is InChI=1S/C20H36O6/c1-4-7-10-12-15-24-19(22)16-17(20(23)25-14-9-6-3)26-18(21)13-11-8-5-2/h17H,4-16H2,1-3H3. The van der Waals surface area contributed by atoms with Crippen LogP contribution in [-0.2, 0) is 28.6 Å². The Morgan fingerprint density at radius 3 is 1.96 bits per heavy atom. The Hall–Kier alpha value is -1.59. The predicted molar refractivity (Wildman–Crippen MR) is 99.6 cm³/mol. The molecule has 26 heavy (non-hydrogen) atoms. The molecule has 0 spiro atoms. The molecule has 0 amide bonds. The molecule has 152 valence electrons. The van der Waals surface area contributed by atoms with E-state index in [4.69, 9.17) is 14.2 Å². The maximum absolute atomic E-state index is 12.1. The third-order valence-corrected chi connectivity index (χ3v) is 3.88. The van der Waals surface area contributed by atoms with E-state index in [1.165, 1.54) is 0 Å². The molecule has 0 saturated heterocycles. The first kappa shape index (κ1) is 24.4. The highest BCUT2D eigenvalue weighted by Gasteiger charge is 2.28. The fourth-order valence-corrected chi connectivity index (χ4v) is 2.25. The van der Waals surface area contributed by atoms with E-state index in [2.05, 4.69) is 6.92 Å². The molecule has 0 aromatic carbocycles. The van der Waals surface area contributed by atoms with Gasteiger partial charge >= 0.3 is 17.9 Å². The summed E-state index contributed by atoms with van der Waals surface area (Å²) in [5, 5.41) is 0. The van der Waals surface area contributed by atoms with Crippen LogP contribution in [0.1, 0.15) is 91.4 Å². The van der Waals surface area contributed by atoms with Crippen LogP contribution in [0.15, 0.2) is 0 Å². The summed E-state index contributed by atoms with van der Waals surface area (Å²) >= 11 is 0. The summed E-state index contributed by atoms with van der Waals surface area (Å²) in [5.74, 6) is -1.70. The van der Waals surface area contributed by atoms with Crippen LogP contribution in [0.5, 0.6) is 0 Å². The summed E-state index contributed by atoms with van der Waals surface area (Å²) in [6.45, 7) is 6.70. The molecule has 0 aliphatic rings. The highest BCUT2D eigenvalue weighted by atomic mass is 16.6. The van der Waals surface area contributed by atoms with E-state index in [9.17, 15) is 14.4 Å². The first-order chi connectivity index (χ1) is 12.5. The molecule has 1 atom stereocenters. The third-order valence-electron chi connectivity index (χ3n) is 3.88. The average molecular weight is 373 g/mol. The van der Waals surface area contributed by atoms with Gasteiger partial charge in [-0.3, -0.25) is 9.59 Å². The Balaban J connectivity index is 4.43. The minimum atomic E-state index is -1.22. The highest BCUT2D eigenvalue weighted by Crippen LogP contribution is 2.09. The van der Waals surface area contributed by atoms with Gasteiger partial charge in [0.15, 0.2) is 0 Å². The second kappa shape index (κ2) is 16.9. The van der Waals surface area contributed by atoms with E-state index in [1.807, 2.05) is 13.8 Å². The molecule has 0 aromatic rings. The molecule has 6 heteroatoms. The van der Waals surface area contributed by atoms with Gasteiger partial charge in [-0.25, -0.2) is 4.79 Å². The first-order valence-corrected chi connectivity index (χ1v) is 10.1. The lowest BCUT2D eigenvalue weighted by molar-refractivity contribution is -0.172. The molecule has 0 aromatic heterocycles. The topological polar surface area (TPSA) is 78.9 Å². The highest BCUT2D eigenvalue weighted by molar-refractivity contribution is 5.84. The summed E-state index contributed by atoms with van der Waals surface area (Å²) in [6, 6.07) is 0. The van der Waals surface area contributed by atoms with Crippen LogP contribution >= 0.6 is 0 Å². The van der Waals surface area contributed by atoms with Crippen molar-refractivity contribution in [3.63, 3.8) is 0 Å². The van der Waals surface area contributed by atoms with Gasteiger partial charge < -0.3 is 14.2 Å². The zero-order chi connectivity index (χ0) is 19.6. The molecule has 0 fully saturated rings. The lowest BCUT2D eigenvalue weighted by atomic mass is 10.2. The predicted octanol–water partition coefficient (Wildman–Crippen LogP) is 4.34. The maximum Gasteiger partial charge on any atom is 0.348 e. The van der Waals surface area contributed by atoms with Crippen molar-refractivity contribution < 1.29 is 28.6 Å². The number of carbonyl (C=O) groups excluding carboxylic acids is 3. The average Bonchev–Trinajstić information content (AvgIpc) is 2.61. The SMILES string of the molecule is CCCCCCOC(=O)CC(OC(=O)CCCCC)C(=O)OCCCC. The van der Waals surface area contributed by atoms with Crippen molar-refractivity contribution in [1.29, 1.82) is 0 Å². The van der Waals surface area contributed by atoms with Crippen molar-refractivity contribution in [2.45, 2.75) is 97.5 Å². The molecule has 0 aliphatic heterocycles. The van der Waals surface area contributed by atoms with Gasteiger partial charge in [0, 0.05) is 6.42 Å². The van der Waals surface area contributed by atoms with E-state index in [-0.39, 0.29) is 19.4 Å². The normalized spacial score (nSPS) is 11.7. The van der Waals surface area contributed by atoms with Crippen LogP contribution < -0.4 is 0 Å². The minimum Gasteiger partial charge on any atom is -0.466 e. The van der Waals surface area contributed by atoms with Crippen LogP contribution in [0.3, 0.4) is 0 Å². The largest absolute Gasteiger partial charge is 0.466 e. The second-order valence-electron chi connectivity index (χ2n) is 6.44. The number of hydrogen-bond acceptors (Lipinski definition) is 6. The summed E-state index contributed by atoms with van der Waals surface area (Å²) in [4.78, 5) is 36.0. The number of unbranched alkanes of at least 4 members (excludes halogenated alkanes) is 6. The lowest BCUT2D eigenvalue weighted by Crippen LogP contribution is -2.32. The molecule has 0 rings (SSSR count). The van der Waals surface area contributed by atoms with Gasteiger partial charge in [0.1, 0.15) is 0 Å². The fraction of sp³-hybridized carbons (Fsp3) is 0.850. The zero-order valence-corrected chi connectivity index (χ0v) is 16.7.